The van der Waals surface area contributed by atoms with Crippen molar-refractivity contribution in [3.05, 3.63) is 94.3 Å². The number of rotatable bonds is 5. The van der Waals surface area contributed by atoms with Gasteiger partial charge in [-0.25, -0.2) is 0 Å². The molecule has 2 heterocycles. The Kier molecular flexibility index (Phi) is 5.34. The molecule has 0 radical (unpaired) electrons. The van der Waals surface area contributed by atoms with Crippen molar-refractivity contribution in [2.45, 2.75) is 0 Å². The van der Waals surface area contributed by atoms with Crippen LogP contribution in [0.15, 0.2) is 85.2 Å². The molecule has 2 aromatic carbocycles. The van der Waals surface area contributed by atoms with E-state index in [1.807, 2.05) is 47.3 Å². The summed E-state index contributed by atoms with van der Waals surface area (Å²) in [5.74, 6) is 1.56. The average Bonchev–Trinajstić information content (AvgIpc) is 3.25. The van der Waals surface area contributed by atoms with Gasteiger partial charge in [0, 0.05) is 33.3 Å². The lowest BCUT2D eigenvalue weighted by Gasteiger charge is -2.08. The van der Waals surface area contributed by atoms with Crippen LogP contribution in [0.4, 0.5) is 5.69 Å². The van der Waals surface area contributed by atoms with Crippen molar-refractivity contribution < 1.29 is 9.53 Å². The molecule has 0 saturated heterocycles. The zero-order valence-electron chi connectivity index (χ0n) is 14.6. The number of hydrogen-bond acceptors (Lipinski definition) is 4. The molecule has 0 aliphatic carbocycles. The Morgan fingerprint density at radius 3 is 2.25 bits per heavy atom. The van der Waals surface area contributed by atoms with Gasteiger partial charge in [-0.3, -0.25) is 4.79 Å². The van der Waals surface area contributed by atoms with E-state index in [0.717, 1.165) is 3.57 Å². The van der Waals surface area contributed by atoms with E-state index in [0.29, 0.717) is 28.7 Å². The largest absolute Gasteiger partial charge is 0.438 e. The number of benzene rings is 2. The van der Waals surface area contributed by atoms with E-state index in [2.05, 4.69) is 38.1 Å². The fraction of sp³-hybridized carbons (Fsp3) is 0. The Bertz CT molecular complexity index is 1060. The summed E-state index contributed by atoms with van der Waals surface area (Å²) < 4.78 is 8.66. The summed E-state index contributed by atoms with van der Waals surface area (Å²) in [7, 11) is 0. The van der Waals surface area contributed by atoms with Gasteiger partial charge < -0.3 is 14.6 Å². The van der Waals surface area contributed by atoms with E-state index < -0.39 is 0 Å². The third-order valence-electron chi connectivity index (χ3n) is 3.94. The van der Waals surface area contributed by atoms with Crippen molar-refractivity contribution in [3.8, 4) is 17.4 Å². The highest BCUT2D eigenvalue weighted by atomic mass is 127. The predicted molar refractivity (Wildman–Crippen MR) is 115 cm³/mol. The van der Waals surface area contributed by atoms with Crippen LogP contribution in [0.3, 0.4) is 0 Å². The third kappa shape index (κ3) is 4.37. The summed E-state index contributed by atoms with van der Waals surface area (Å²) in [5, 5.41) is 11.1. The summed E-state index contributed by atoms with van der Waals surface area (Å²) >= 11 is 2.20. The first-order valence-corrected chi connectivity index (χ1v) is 9.57. The van der Waals surface area contributed by atoms with E-state index in [-0.39, 0.29) is 5.91 Å². The molecule has 0 atom stereocenters. The van der Waals surface area contributed by atoms with E-state index in [9.17, 15) is 4.79 Å². The summed E-state index contributed by atoms with van der Waals surface area (Å²) in [5.41, 5.74) is 1.30. The maximum atomic E-state index is 12.3. The highest BCUT2D eigenvalue weighted by Gasteiger charge is 2.07. The molecular weight excluding hydrogens is 467 g/mol. The second-order valence-corrected chi connectivity index (χ2v) is 7.15. The first kappa shape index (κ1) is 18.2. The topological polar surface area (TPSA) is 69.0 Å². The monoisotopic (exact) mass is 482 g/mol. The number of hydrogen-bond donors (Lipinski definition) is 1. The van der Waals surface area contributed by atoms with E-state index in [1.165, 1.54) is 0 Å². The number of carbonyl (C=O) groups excluding carboxylic acids is 1. The van der Waals surface area contributed by atoms with Crippen molar-refractivity contribution in [1.82, 2.24) is 14.8 Å². The SMILES string of the molecule is O=C(Nc1ccc(Oc2ccc(-n3cccc3)nn2)cc1)c1ccc(I)cc1. The highest BCUT2D eigenvalue weighted by Crippen LogP contribution is 2.22. The maximum absolute atomic E-state index is 12.3. The second kappa shape index (κ2) is 8.22. The number of amides is 1. The van der Waals surface area contributed by atoms with Crippen LogP contribution < -0.4 is 10.1 Å². The molecule has 0 fully saturated rings. The fourth-order valence-electron chi connectivity index (χ4n) is 2.52. The molecule has 0 saturated carbocycles. The zero-order chi connectivity index (χ0) is 19.3. The van der Waals surface area contributed by atoms with Gasteiger partial charge in [0.2, 0.25) is 5.88 Å². The predicted octanol–water partition coefficient (Wildman–Crippen LogP) is 4.92. The number of anilines is 1. The first-order chi connectivity index (χ1) is 13.7. The van der Waals surface area contributed by atoms with Crippen molar-refractivity contribution in [2.24, 2.45) is 0 Å². The van der Waals surface area contributed by atoms with Crippen molar-refractivity contribution >= 4 is 34.2 Å². The maximum Gasteiger partial charge on any atom is 0.255 e. The van der Waals surface area contributed by atoms with Crippen LogP contribution in [0.1, 0.15) is 10.4 Å². The van der Waals surface area contributed by atoms with Crippen LogP contribution >= 0.6 is 22.6 Å². The minimum absolute atomic E-state index is 0.156. The lowest BCUT2D eigenvalue weighted by Crippen LogP contribution is -2.11. The summed E-state index contributed by atoms with van der Waals surface area (Å²) in [6, 6.07) is 21.9. The Labute approximate surface area is 175 Å². The highest BCUT2D eigenvalue weighted by molar-refractivity contribution is 14.1. The lowest BCUT2D eigenvalue weighted by molar-refractivity contribution is 0.102. The van der Waals surface area contributed by atoms with Crippen LogP contribution in [-0.2, 0) is 0 Å². The van der Waals surface area contributed by atoms with Gasteiger partial charge in [-0.15, -0.1) is 10.2 Å². The van der Waals surface area contributed by atoms with Gasteiger partial charge >= 0.3 is 0 Å². The van der Waals surface area contributed by atoms with Gasteiger partial charge in [0.15, 0.2) is 5.82 Å². The van der Waals surface area contributed by atoms with Gasteiger partial charge in [-0.1, -0.05) is 0 Å². The molecule has 7 heteroatoms. The number of nitrogens with zero attached hydrogens (tertiary/aromatic N) is 3. The number of aromatic nitrogens is 3. The normalized spacial score (nSPS) is 10.5. The van der Waals surface area contributed by atoms with Gasteiger partial charge in [0.1, 0.15) is 5.75 Å². The minimum Gasteiger partial charge on any atom is -0.438 e. The Morgan fingerprint density at radius 2 is 1.61 bits per heavy atom. The zero-order valence-corrected chi connectivity index (χ0v) is 16.8. The molecule has 138 valence electrons. The number of carbonyl (C=O) groups is 1. The molecule has 0 spiro atoms. The summed E-state index contributed by atoms with van der Waals surface area (Å²) in [6.07, 6.45) is 3.79. The molecule has 2 aromatic heterocycles. The van der Waals surface area contributed by atoms with Crippen LogP contribution in [0.2, 0.25) is 0 Å². The van der Waals surface area contributed by atoms with Crippen LogP contribution in [-0.4, -0.2) is 20.7 Å². The molecule has 0 bridgehead atoms. The van der Waals surface area contributed by atoms with E-state index in [4.69, 9.17) is 4.74 Å². The fourth-order valence-corrected chi connectivity index (χ4v) is 2.88. The molecule has 1 amide bonds. The van der Waals surface area contributed by atoms with Crippen LogP contribution in [0.5, 0.6) is 11.6 Å². The smallest absolute Gasteiger partial charge is 0.255 e. The molecule has 4 aromatic rings. The van der Waals surface area contributed by atoms with Gasteiger partial charge in [-0.2, -0.15) is 0 Å². The van der Waals surface area contributed by atoms with Crippen LogP contribution in [0.25, 0.3) is 5.82 Å². The van der Waals surface area contributed by atoms with Crippen LogP contribution in [0, 0.1) is 3.57 Å². The molecule has 1 N–H and O–H groups in total. The van der Waals surface area contributed by atoms with Gasteiger partial charge in [-0.05, 0) is 89.3 Å². The molecule has 6 nitrogen and oxygen atoms in total. The Morgan fingerprint density at radius 1 is 0.893 bits per heavy atom. The molecule has 28 heavy (non-hydrogen) atoms. The molecule has 0 aliphatic heterocycles. The second-order valence-electron chi connectivity index (χ2n) is 5.91. The summed E-state index contributed by atoms with van der Waals surface area (Å²) in [6.45, 7) is 0. The average molecular weight is 482 g/mol. The number of ether oxygens (including phenoxy) is 1. The lowest BCUT2D eigenvalue weighted by atomic mass is 10.2. The van der Waals surface area contributed by atoms with E-state index in [1.54, 1.807) is 42.5 Å². The van der Waals surface area contributed by atoms with Gasteiger partial charge in [0.05, 0.1) is 0 Å². The summed E-state index contributed by atoms with van der Waals surface area (Å²) in [4.78, 5) is 12.3. The van der Waals surface area contributed by atoms with Crippen molar-refractivity contribution in [1.29, 1.82) is 0 Å². The number of halogens is 1. The molecular formula is C21H15IN4O2. The third-order valence-corrected chi connectivity index (χ3v) is 4.66. The van der Waals surface area contributed by atoms with E-state index >= 15 is 0 Å². The molecule has 0 aliphatic rings. The minimum atomic E-state index is -0.156. The Hall–Kier alpha value is -3.20. The molecule has 4 rings (SSSR count). The quantitative estimate of drug-likeness (QED) is 0.411. The standard InChI is InChI=1S/C21H15IN4O2/c22-16-5-3-15(4-6-16)21(27)23-17-7-9-18(10-8-17)28-20-12-11-19(24-25-20)26-13-1-2-14-26/h1-14H,(H,23,27). The van der Waals surface area contributed by atoms with Gasteiger partial charge in [0.25, 0.3) is 5.91 Å². The number of nitrogens with one attached hydrogen (secondary N) is 1. The first-order valence-electron chi connectivity index (χ1n) is 8.49. The van der Waals surface area contributed by atoms with Crippen molar-refractivity contribution in [2.75, 3.05) is 5.32 Å². The Balaban J connectivity index is 1.39. The molecule has 0 unspecified atom stereocenters. The van der Waals surface area contributed by atoms with Crippen molar-refractivity contribution in [3.63, 3.8) is 0 Å².